The molecule has 4 rings (SSSR count). The second-order valence-electron chi connectivity index (χ2n) is 7.25. The van der Waals surface area contributed by atoms with E-state index in [2.05, 4.69) is 6.07 Å². The Hall–Kier alpha value is -4.13. The summed E-state index contributed by atoms with van der Waals surface area (Å²) >= 11 is 0. The number of hydrogen-bond acceptors (Lipinski definition) is 4. The highest BCUT2D eigenvalue weighted by Gasteiger charge is 2.26. The maximum atomic E-state index is 12.7. The predicted molar refractivity (Wildman–Crippen MR) is 116 cm³/mol. The first-order valence-electron chi connectivity index (χ1n) is 9.65. The van der Waals surface area contributed by atoms with Gasteiger partial charge in [-0.15, -0.1) is 0 Å². The van der Waals surface area contributed by atoms with Crippen molar-refractivity contribution in [1.82, 2.24) is 4.57 Å². The van der Waals surface area contributed by atoms with Crippen LogP contribution in [0.25, 0.3) is 21.7 Å². The van der Waals surface area contributed by atoms with Crippen LogP contribution in [0.15, 0.2) is 60.7 Å². The summed E-state index contributed by atoms with van der Waals surface area (Å²) < 4.78 is 7.32. The number of hydrogen-bond donors (Lipinski definition) is 2. The molecule has 156 valence electrons. The lowest BCUT2D eigenvalue weighted by Gasteiger charge is -2.10. The highest BCUT2D eigenvalue weighted by atomic mass is 16.5. The van der Waals surface area contributed by atoms with E-state index in [0.717, 1.165) is 16.3 Å². The number of amides is 1. The number of rotatable bonds is 7. The molecule has 31 heavy (non-hydrogen) atoms. The molecular formula is C24H20N2O5. The number of primary amides is 1. The molecule has 0 bridgehead atoms. The van der Waals surface area contributed by atoms with Crippen LogP contribution in [0.3, 0.4) is 0 Å². The third-order valence-electron chi connectivity index (χ3n) is 5.27. The first-order chi connectivity index (χ1) is 14.9. The number of ketones is 1. The van der Waals surface area contributed by atoms with Gasteiger partial charge in [0.05, 0.1) is 16.5 Å². The Morgan fingerprint density at radius 1 is 1.00 bits per heavy atom. The van der Waals surface area contributed by atoms with Crippen molar-refractivity contribution < 1.29 is 24.2 Å². The minimum Gasteiger partial charge on any atom is -0.481 e. The molecule has 0 aliphatic heterocycles. The molecule has 7 nitrogen and oxygen atoms in total. The van der Waals surface area contributed by atoms with Crippen LogP contribution in [0.1, 0.15) is 21.6 Å². The zero-order chi connectivity index (χ0) is 22.1. The Kier molecular flexibility index (Phi) is 5.17. The summed E-state index contributed by atoms with van der Waals surface area (Å²) in [5.41, 5.74) is 7.63. The van der Waals surface area contributed by atoms with E-state index in [1.54, 1.807) is 25.1 Å². The van der Waals surface area contributed by atoms with E-state index in [1.165, 1.54) is 0 Å². The van der Waals surface area contributed by atoms with Crippen molar-refractivity contribution in [3.63, 3.8) is 0 Å². The number of carbonyl (C=O) groups is 3. The molecule has 0 saturated heterocycles. The molecule has 0 fully saturated rings. The van der Waals surface area contributed by atoms with Gasteiger partial charge in [-0.1, -0.05) is 42.5 Å². The van der Waals surface area contributed by atoms with Gasteiger partial charge in [-0.05, 0) is 41.5 Å². The van der Waals surface area contributed by atoms with Crippen LogP contribution in [0.4, 0.5) is 0 Å². The van der Waals surface area contributed by atoms with Crippen molar-refractivity contribution in [3.8, 4) is 5.75 Å². The normalized spacial score (nSPS) is 11.0. The average molecular weight is 416 g/mol. The molecule has 3 N–H and O–H groups in total. The maximum Gasteiger partial charge on any atom is 0.341 e. The number of Topliss-reactive ketones (excluding diaryl/α,β-unsaturated/α-hetero) is 1. The van der Waals surface area contributed by atoms with Gasteiger partial charge in [0.1, 0.15) is 5.75 Å². The zero-order valence-electron chi connectivity index (χ0n) is 16.8. The fraction of sp³-hybridized carbons (Fsp3) is 0.125. The maximum absolute atomic E-state index is 12.7. The number of ether oxygens (including phenoxy) is 1. The quantitative estimate of drug-likeness (QED) is 0.355. The van der Waals surface area contributed by atoms with Crippen LogP contribution < -0.4 is 10.5 Å². The molecule has 0 aliphatic rings. The van der Waals surface area contributed by atoms with Crippen LogP contribution in [0, 0.1) is 6.92 Å². The van der Waals surface area contributed by atoms with E-state index in [-0.39, 0.29) is 11.3 Å². The van der Waals surface area contributed by atoms with Gasteiger partial charge >= 0.3 is 5.97 Å². The van der Waals surface area contributed by atoms with Gasteiger partial charge in [-0.2, -0.15) is 0 Å². The summed E-state index contributed by atoms with van der Waals surface area (Å²) in [5.74, 6) is -2.86. The Morgan fingerprint density at radius 3 is 2.45 bits per heavy atom. The Bertz CT molecular complexity index is 1350. The molecule has 1 aromatic heterocycles. The molecule has 3 aromatic carbocycles. The minimum atomic E-state index is -1.15. The first kappa shape index (κ1) is 20.2. The summed E-state index contributed by atoms with van der Waals surface area (Å²) in [6.07, 6.45) is 0. The predicted octanol–water partition coefficient (Wildman–Crippen LogP) is 3.28. The SMILES string of the molecule is Cc1c(C(=O)C(N)=O)c2c(OCC(=O)O)cccc2n1Cc1ccc2ccccc2c1. The van der Waals surface area contributed by atoms with Crippen LogP contribution in [0.5, 0.6) is 5.75 Å². The van der Waals surface area contributed by atoms with Gasteiger partial charge < -0.3 is 20.1 Å². The van der Waals surface area contributed by atoms with Crippen molar-refractivity contribution in [2.24, 2.45) is 5.73 Å². The van der Waals surface area contributed by atoms with Gasteiger partial charge in [0, 0.05) is 12.2 Å². The Labute approximate surface area is 177 Å². The van der Waals surface area contributed by atoms with Crippen molar-refractivity contribution in [2.75, 3.05) is 6.61 Å². The van der Waals surface area contributed by atoms with Gasteiger partial charge in [-0.25, -0.2) is 4.79 Å². The fourth-order valence-corrected chi connectivity index (χ4v) is 3.88. The molecule has 7 heteroatoms. The summed E-state index contributed by atoms with van der Waals surface area (Å²) in [5, 5.41) is 11.6. The molecule has 1 heterocycles. The second-order valence-corrected chi connectivity index (χ2v) is 7.25. The number of nitrogens with two attached hydrogens (primary N) is 1. The van der Waals surface area contributed by atoms with Crippen molar-refractivity contribution in [3.05, 3.63) is 77.5 Å². The molecule has 0 atom stereocenters. The van der Waals surface area contributed by atoms with Crippen molar-refractivity contribution in [1.29, 1.82) is 0 Å². The Balaban J connectivity index is 1.89. The molecule has 0 unspecified atom stereocenters. The van der Waals surface area contributed by atoms with Crippen LogP contribution in [-0.2, 0) is 16.1 Å². The highest BCUT2D eigenvalue weighted by Crippen LogP contribution is 2.35. The van der Waals surface area contributed by atoms with E-state index < -0.39 is 24.3 Å². The average Bonchev–Trinajstić information content (AvgIpc) is 3.03. The standard InChI is InChI=1S/C24H20N2O5/c1-14-21(23(29)24(25)30)22-18(7-4-8-19(22)31-13-20(27)28)26(14)12-15-9-10-16-5-2-3-6-17(16)11-15/h2-11H,12-13H2,1H3,(H2,25,30)(H,27,28). The van der Waals surface area contributed by atoms with Gasteiger partial charge in [0.2, 0.25) is 0 Å². The molecule has 0 spiro atoms. The largest absolute Gasteiger partial charge is 0.481 e. The minimum absolute atomic E-state index is 0.129. The highest BCUT2D eigenvalue weighted by molar-refractivity contribution is 6.45. The smallest absolute Gasteiger partial charge is 0.341 e. The number of aromatic nitrogens is 1. The third kappa shape index (κ3) is 3.73. The zero-order valence-corrected chi connectivity index (χ0v) is 16.8. The molecule has 4 aromatic rings. The van der Waals surface area contributed by atoms with E-state index in [4.69, 9.17) is 15.6 Å². The first-order valence-corrected chi connectivity index (χ1v) is 9.65. The van der Waals surface area contributed by atoms with E-state index in [0.29, 0.717) is 23.1 Å². The molecular weight excluding hydrogens is 396 g/mol. The molecule has 0 aliphatic carbocycles. The number of benzene rings is 3. The van der Waals surface area contributed by atoms with Gasteiger partial charge in [-0.3, -0.25) is 9.59 Å². The summed E-state index contributed by atoms with van der Waals surface area (Å²) in [6.45, 7) is 1.61. The van der Waals surface area contributed by atoms with Gasteiger partial charge in [0.25, 0.3) is 11.7 Å². The lowest BCUT2D eigenvalue weighted by molar-refractivity contribution is -0.139. The lowest BCUT2D eigenvalue weighted by atomic mass is 10.1. The van der Waals surface area contributed by atoms with E-state index in [9.17, 15) is 14.4 Å². The number of nitrogens with zero attached hydrogens (tertiary/aromatic N) is 1. The number of carbonyl (C=O) groups excluding carboxylic acids is 2. The number of aliphatic carboxylic acids is 1. The van der Waals surface area contributed by atoms with E-state index >= 15 is 0 Å². The monoisotopic (exact) mass is 416 g/mol. The van der Waals surface area contributed by atoms with Crippen molar-refractivity contribution >= 4 is 39.3 Å². The van der Waals surface area contributed by atoms with Crippen LogP contribution in [-0.4, -0.2) is 33.9 Å². The number of fused-ring (bicyclic) bond motifs is 2. The molecule has 0 saturated carbocycles. The molecule has 0 radical (unpaired) electrons. The van der Waals surface area contributed by atoms with Gasteiger partial charge in [0.15, 0.2) is 6.61 Å². The second kappa shape index (κ2) is 7.95. The van der Waals surface area contributed by atoms with Crippen LogP contribution >= 0.6 is 0 Å². The summed E-state index contributed by atoms with van der Waals surface area (Å²) in [6, 6.07) is 19.2. The summed E-state index contributed by atoms with van der Waals surface area (Å²) in [4.78, 5) is 35.4. The van der Waals surface area contributed by atoms with Crippen LogP contribution in [0.2, 0.25) is 0 Å². The lowest BCUT2D eigenvalue weighted by Crippen LogP contribution is -2.24. The topological polar surface area (TPSA) is 112 Å². The van der Waals surface area contributed by atoms with E-state index in [1.807, 2.05) is 41.0 Å². The number of carboxylic acids is 1. The third-order valence-corrected chi connectivity index (χ3v) is 5.27. The Morgan fingerprint density at radius 2 is 1.74 bits per heavy atom. The number of carboxylic acid groups (broad SMARTS) is 1. The molecule has 1 amide bonds. The fourth-order valence-electron chi connectivity index (χ4n) is 3.88. The summed E-state index contributed by atoms with van der Waals surface area (Å²) in [7, 11) is 0. The van der Waals surface area contributed by atoms with Crippen molar-refractivity contribution in [2.45, 2.75) is 13.5 Å².